The Morgan fingerprint density at radius 1 is 1.26 bits per heavy atom. The Morgan fingerprint density at radius 2 is 2.06 bits per heavy atom. The third-order valence-electron chi connectivity index (χ3n) is 5.51. The van der Waals surface area contributed by atoms with Crippen molar-refractivity contribution >= 4 is 44.7 Å². The molecule has 1 aliphatic carbocycles. The Labute approximate surface area is 201 Å². The summed E-state index contributed by atoms with van der Waals surface area (Å²) in [7, 11) is -3.81. The third-order valence-corrected chi connectivity index (χ3v) is 6.62. The average molecular weight is 493 g/mol. The van der Waals surface area contributed by atoms with Gasteiger partial charge in [0.25, 0.3) is 5.91 Å². The number of hydrogen-bond acceptors (Lipinski definition) is 10. The van der Waals surface area contributed by atoms with Crippen molar-refractivity contribution in [2.75, 3.05) is 48.5 Å². The van der Waals surface area contributed by atoms with Crippen molar-refractivity contribution in [3.8, 4) is 0 Å². The smallest absolute Gasteiger partial charge is 0.273 e. The number of carbonyl (C=O) groups excluding carboxylic acids is 2. The number of anilines is 4. The van der Waals surface area contributed by atoms with Crippen molar-refractivity contribution in [2.45, 2.75) is 30.7 Å². The molecule has 3 heterocycles. The van der Waals surface area contributed by atoms with Crippen LogP contribution in [-0.2, 0) is 19.4 Å². The first kappa shape index (κ1) is 20.1. The van der Waals surface area contributed by atoms with Crippen molar-refractivity contribution in [3.63, 3.8) is 0 Å². The Bertz CT molecular complexity index is 1320. The molecule has 2 aromatic rings. The van der Waals surface area contributed by atoms with E-state index in [0.717, 1.165) is 19.1 Å². The van der Waals surface area contributed by atoms with Crippen LogP contribution in [0.1, 0.15) is 34.4 Å². The zero-order valence-corrected chi connectivity index (χ0v) is 19.5. The van der Waals surface area contributed by atoms with E-state index in [1.165, 1.54) is 18.3 Å². The number of amides is 2. The fourth-order valence-corrected chi connectivity index (χ4v) is 4.34. The summed E-state index contributed by atoms with van der Waals surface area (Å²) in [4.78, 5) is 31.0. The molecular formula is C21H27N7O5S. The Balaban J connectivity index is 1.72. The van der Waals surface area contributed by atoms with Crippen LogP contribution >= 0.6 is 0 Å². The van der Waals surface area contributed by atoms with Crippen molar-refractivity contribution in [1.82, 2.24) is 20.5 Å². The average Bonchev–Trinajstić information content (AvgIpc) is 3.64. The number of ether oxygens (including phenoxy) is 1. The van der Waals surface area contributed by atoms with Gasteiger partial charge in [0.2, 0.25) is 5.91 Å². The zero-order chi connectivity index (χ0) is 27.0. The number of sulfone groups is 1. The maximum Gasteiger partial charge on any atom is 0.273 e. The molecule has 0 bridgehead atoms. The molecular weight excluding hydrogens is 462 g/mol. The highest BCUT2D eigenvalue weighted by atomic mass is 32.2. The maximum absolute atomic E-state index is 12.7. The van der Waals surface area contributed by atoms with E-state index >= 15 is 0 Å². The van der Waals surface area contributed by atoms with E-state index < -0.39 is 28.4 Å². The van der Waals surface area contributed by atoms with Crippen LogP contribution < -0.4 is 20.9 Å². The minimum atomic E-state index is -3.81. The van der Waals surface area contributed by atoms with E-state index in [9.17, 15) is 18.0 Å². The highest BCUT2D eigenvalue weighted by Gasteiger charge is 2.30. The molecule has 1 atom stereocenters. The number of carbonyl (C=O) groups is 2. The minimum Gasteiger partial charge on any atom is -0.377 e. The summed E-state index contributed by atoms with van der Waals surface area (Å²) >= 11 is 0. The van der Waals surface area contributed by atoms with Gasteiger partial charge in [-0.05, 0) is 25.8 Å². The van der Waals surface area contributed by atoms with Crippen LogP contribution in [0, 0.1) is 5.92 Å². The van der Waals surface area contributed by atoms with Crippen LogP contribution in [0.3, 0.4) is 0 Å². The van der Waals surface area contributed by atoms with E-state index in [1.54, 1.807) is 0 Å². The van der Waals surface area contributed by atoms with Gasteiger partial charge in [0.05, 0.1) is 30.8 Å². The molecule has 182 valence electrons. The molecule has 1 aliphatic heterocycles. The molecule has 0 spiro atoms. The first-order valence-corrected chi connectivity index (χ1v) is 12.5. The summed E-state index contributed by atoms with van der Waals surface area (Å²) in [6.07, 6.45) is 4.01. The van der Waals surface area contributed by atoms with E-state index in [-0.39, 0.29) is 40.1 Å². The molecule has 12 nitrogen and oxygen atoms in total. The van der Waals surface area contributed by atoms with Gasteiger partial charge in [-0.3, -0.25) is 9.59 Å². The van der Waals surface area contributed by atoms with Crippen LogP contribution in [0.4, 0.5) is 23.0 Å². The topological polar surface area (TPSA) is 156 Å². The fourth-order valence-electron chi connectivity index (χ4n) is 3.55. The van der Waals surface area contributed by atoms with Gasteiger partial charge in [-0.2, -0.15) is 0 Å². The van der Waals surface area contributed by atoms with Crippen molar-refractivity contribution in [3.05, 3.63) is 24.0 Å². The largest absolute Gasteiger partial charge is 0.377 e. The SMILES string of the molecule is [2H]C([2H])([2H])NC(=O)c1nnc(NC(=O)C2CC2)cc1Nc1ncc(N2CCOC[C@@H]2C)cc1S(C)(=O)=O. The van der Waals surface area contributed by atoms with Gasteiger partial charge in [-0.25, -0.2) is 13.4 Å². The van der Waals surface area contributed by atoms with Crippen LogP contribution in [0.2, 0.25) is 0 Å². The number of nitrogens with zero attached hydrogens (tertiary/aromatic N) is 4. The lowest BCUT2D eigenvalue weighted by molar-refractivity contribution is -0.117. The molecule has 2 aromatic heterocycles. The van der Waals surface area contributed by atoms with Gasteiger partial charge in [0.1, 0.15) is 10.7 Å². The molecule has 2 aliphatic rings. The molecule has 0 radical (unpaired) electrons. The summed E-state index contributed by atoms with van der Waals surface area (Å²) in [6.45, 7) is 0.659. The summed E-state index contributed by atoms with van der Waals surface area (Å²) in [5, 5.41) is 14.8. The Morgan fingerprint density at radius 3 is 2.74 bits per heavy atom. The van der Waals surface area contributed by atoms with Gasteiger partial charge in [0, 0.05) is 41.9 Å². The highest BCUT2D eigenvalue weighted by molar-refractivity contribution is 7.90. The summed E-state index contributed by atoms with van der Waals surface area (Å²) < 4.78 is 52.8. The molecule has 0 aromatic carbocycles. The Hall–Kier alpha value is -3.32. The van der Waals surface area contributed by atoms with Crippen LogP contribution in [0.5, 0.6) is 0 Å². The lowest BCUT2D eigenvalue weighted by Crippen LogP contribution is -2.43. The fraction of sp³-hybridized carbons (Fsp3) is 0.476. The second kappa shape index (κ2) is 9.50. The maximum atomic E-state index is 12.7. The number of rotatable bonds is 7. The molecule has 1 saturated carbocycles. The monoisotopic (exact) mass is 492 g/mol. The van der Waals surface area contributed by atoms with E-state index in [4.69, 9.17) is 8.85 Å². The highest BCUT2D eigenvalue weighted by Crippen LogP contribution is 2.32. The van der Waals surface area contributed by atoms with Crippen molar-refractivity contribution in [1.29, 1.82) is 0 Å². The first-order chi connectivity index (χ1) is 17.3. The van der Waals surface area contributed by atoms with Gasteiger partial charge < -0.3 is 25.6 Å². The third kappa shape index (κ3) is 5.25. The second-order valence-electron chi connectivity index (χ2n) is 8.26. The molecule has 3 N–H and O–H groups in total. The first-order valence-electron chi connectivity index (χ1n) is 12.1. The number of hydrogen-bond donors (Lipinski definition) is 3. The van der Waals surface area contributed by atoms with Gasteiger partial charge >= 0.3 is 0 Å². The van der Waals surface area contributed by atoms with E-state index in [2.05, 4.69) is 25.8 Å². The molecule has 13 heteroatoms. The summed E-state index contributed by atoms with van der Waals surface area (Å²) in [5.41, 5.74) is 0.0628. The zero-order valence-electron chi connectivity index (χ0n) is 21.7. The van der Waals surface area contributed by atoms with Gasteiger partial charge in [-0.1, -0.05) is 0 Å². The van der Waals surface area contributed by atoms with Crippen LogP contribution in [0.25, 0.3) is 0 Å². The molecule has 0 unspecified atom stereocenters. The standard InChI is InChI=1S/C21H27N7O5S/c1-12-11-33-7-6-28(12)14-8-16(34(3,31)32)19(23-10-14)24-15-9-17(25-20(29)13-4-5-13)26-27-18(15)21(30)22-2/h8-10,12-13H,4-7,11H2,1-3H3,(H,22,30)(H2,23,24,25,26,29)/t12-/m0/s1/i2D3. The quantitative estimate of drug-likeness (QED) is 0.509. The minimum absolute atomic E-state index is 0.000939. The predicted molar refractivity (Wildman–Crippen MR) is 125 cm³/mol. The number of pyridine rings is 1. The molecule has 34 heavy (non-hydrogen) atoms. The van der Waals surface area contributed by atoms with Crippen molar-refractivity contribution < 1.29 is 26.9 Å². The number of nitrogens with one attached hydrogen (secondary N) is 3. The molecule has 1 saturated heterocycles. The van der Waals surface area contributed by atoms with Crippen molar-refractivity contribution in [2.24, 2.45) is 5.92 Å². The van der Waals surface area contributed by atoms with E-state index in [0.29, 0.717) is 25.4 Å². The summed E-state index contributed by atoms with van der Waals surface area (Å²) in [6, 6.07) is 2.74. The van der Waals surface area contributed by atoms with E-state index in [1.807, 2.05) is 17.1 Å². The van der Waals surface area contributed by atoms with Gasteiger partial charge in [0.15, 0.2) is 21.3 Å². The Kier molecular flexibility index (Phi) is 5.62. The predicted octanol–water partition coefficient (Wildman–Crippen LogP) is 0.952. The van der Waals surface area contributed by atoms with Gasteiger partial charge in [-0.15, -0.1) is 10.2 Å². The molecule has 2 fully saturated rings. The molecule has 2 amide bonds. The van der Waals surface area contributed by atoms with Crippen LogP contribution in [-0.4, -0.2) is 74.4 Å². The second-order valence-corrected chi connectivity index (χ2v) is 10.2. The normalized spacial score (nSPS) is 20.0. The van der Waals surface area contributed by atoms with Crippen LogP contribution in [0.15, 0.2) is 23.2 Å². The molecule has 4 rings (SSSR count). The lowest BCUT2D eigenvalue weighted by Gasteiger charge is -2.35. The number of morpholine rings is 1. The lowest BCUT2D eigenvalue weighted by atomic mass is 10.2. The number of aromatic nitrogens is 3. The summed E-state index contributed by atoms with van der Waals surface area (Å²) in [5.74, 6) is -1.58.